The van der Waals surface area contributed by atoms with Crippen molar-refractivity contribution in [2.75, 3.05) is 25.0 Å². The average Bonchev–Trinajstić information content (AvgIpc) is 2.45. The number of hydrogen-bond donors (Lipinski definition) is 2. The van der Waals surface area contributed by atoms with E-state index in [1.54, 1.807) is 0 Å². The van der Waals surface area contributed by atoms with Crippen LogP contribution in [0.25, 0.3) is 0 Å². The van der Waals surface area contributed by atoms with Gasteiger partial charge in [-0.3, -0.25) is 9.59 Å². The van der Waals surface area contributed by atoms with E-state index < -0.39 is 11.8 Å². The molecule has 0 saturated carbocycles. The number of rotatable bonds is 2. The number of anilines is 1. The molecule has 1 fully saturated rings. The fourth-order valence-electron chi connectivity index (χ4n) is 2.77. The van der Waals surface area contributed by atoms with Gasteiger partial charge in [0, 0.05) is 25.4 Å². The monoisotopic (exact) mass is 290 g/mol. The summed E-state index contributed by atoms with van der Waals surface area (Å²) in [6, 6.07) is 5.68. The molecule has 0 aliphatic carbocycles. The molecule has 0 bridgehead atoms. The summed E-state index contributed by atoms with van der Waals surface area (Å²) >= 11 is 0. The summed E-state index contributed by atoms with van der Waals surface area (Å²) in [6.45, 7) is 4.98. The Morgan fingerprint density at radius 1 is 1.29 bits per heavy atom. The number of carbonyl (C=O) groups is 2. The highest BCUT2D eigenvalue weighted by molar-refractivity contribution is 6.39. The van der Waals surface area contributed by atoms with E-state index in [4.69, 9.17) is 0 Å². The predicted molar refractivity (Wildman–Crippen MR) is 80.9 cm³/mol. The summed E-state index contributed by atoms with van der Waals surface area (Å²) in [6.07, 6.45) is 1.73. The number of aliphatic hydroxyl groups excluding tert-OH is 1. The fraction of sp³-hybridized carbons (Fsp3) is 0.500. The molecule has 1 unspecified atom stereocenters. The van der Waals surface area contributed by atoms with E-state index in [9.17, 15) is 14.7 Å². The van der Waals surface area contributed by atoms with Crippen molar-refractivity contribution in [3.8, 4) is 0 Å². The zero-order valence-corrected chi connectivity index (χ0v) is 12.6. The lowest BCUT2D eigenvalue weighted by Crippen LogP contribution is -2.45. The number of piperidine rings is 1. The molecule has 1 aromatic rings. The van der Waals surface area contributed by atoms with Crippen LogP contribution in [0.15, 0.2) is 18.2 Å². The first-order chi connectivity index (χ1) is 9.99. The molecule has 1 aliphatic heterocycles. The van der Waals surface area contributed by atoms with Gasteiger partial charge in [-0.15, -0.1) is 0 Å². The van der Waals surface area contributed by atoms with Gasteiger partial charge in [0.2, 0.25) is 0 Å². The third-order valence-electron chi connectivity index (χ3n) is 3.74. The minimum Gasteiger partial charge on any atom is -0.396 e. The lowest BCUT2D eigenvalue weighted by molar-refractivity contribution is -0.144. The molecule has 1 heterocycles. The molecular formula is C16H22N2O3. The van der Waals surface area contributed by atoms with Crippen molar-refractivity contribution in [2.45, 2.75) is 26.7 Å². The molecule has 0 aromatic heterocycles. The van der Waals surface area contributed by atoms with Crippen LogP contribution in [0.4, 0.5) is 5.69 Å². The highest BCUT2D eigenvalue weighted by Gasteiger charge is 2.27. The summed E-state index contributed by atoms with van der Waals surface area (Å²) in [7, 11) is 0. The van der Waals surface area contributed by atoms with E-state index in [0.29, 0.717) is 18.8 Å². The van der Waals surface area contributed by atoms with Gasteiger partial charge in [0.15, 0.2) is 0 Å². The maximum Gasteiger partial charge on any atom is 0.313 e. The van der Waals surface area contributed by atoms with Crippen molar-refractivity contribution in [3.63, 3.8) is 0 Å². The molecular weight excluding hydrogens is 268 g/mol. The standard InChI is InChI=1S/C16H22N2O3/c1-11-6-12(2)8-14(7-11)17-15(20)16(21)18-5-3-4-13(9-18)10-19/h6-8,13,19H,3-5,9-10H2,1-2H3,(H,17,20). The zero-order chi connectivity index (χ0) is 15.4. The Labute approximate surface area is 125 Å². The molecule has 1 aromatic carbocycles. The Hall–Kier alpha value is -1.88. The van der Waals surface area contributed by atoms with Gasteiger partial charge in [-0.25, -0.2) is 0 Å². The average molecular weight is 290 g/mol. The van der Waals surface area contributed by atoms with E-state index in [-0.39, 0.29) is 12.5 Å². The molecule has 2 amide bonds. The maximum atomic E-state index is 12.2. The molecule has 114 valence electrons. The van der Waals surface area contributed by atoms with Crippen LogP contribution in [-0.4, -0.2) is 41.5 Å². The molecule has 2 rings (SSSR count). The lowest BCUT2D eigenvalue weighted by atomic mass is 9.99. The van der Waals surface area contributed by atoms with Crippen LogP contribution in [-0.2, 0) is 9.59 Å². The first-order valence-corrected chi connectivity index (χ1v) is 7.29. The van der Waals surface area contributed by atoms with Crippen molar-refractivity contribution < 1.29 is 14.7 Å². The number of benzene rings is 1. The predicted octanol–water partition coefficient (Wildman–Crippen LogP) is 1.47. The van der Waals surface area contributed by atoms with Gasteiger partial charge < -0.3 is 15.3 Å². The summed E-state index contributed by atoms with van der Waals surface area (Å²) < 4.78 is 0. The summed E-state index contributed by atoms with van der Waals surface area (Å²) in [5.74, 6) is -1.05. The van der Waals surface area contributed by atoms with Gasteiger partial charge in [0.25, 0.3) is 0 Å². The molecule has 1 atom stereocenters. The molecule has 5 heteroatoms. The second-order valence-corrected chi connectivity index (χ2v) is 5.77. The van der Waals surface area contributed by atoms with Crippen molar-refractivity contribution in [2.24, 2.45) is 5.92 Å². The van der Waals surface area contributed by atoms with Crippen molar-refractivity contribution in [1.82, 2.24) is 4.90 Å². The van der Waals surface area contributed by atoms with Crippen molar-refractivity contribution >= 4 is 17.5 Å². The normalized spacial score (nSPS) is 18.4. The molecule has 2 N–H and O–H groups in total. The molecule has 0 spiro atoms. The number of hydrogen-bond acceptors (Lipinski definition) is 3. The fourth-order valence-corrected chi connectivity index (χ4v) is 2.77. The van der Waals surface area contributed by atoms with Crippen LogP contribution >= 0.6 is 0 Å². The largest absolute Gasteiger partial charge is 0.396 e. The van der Waals surface area contributed by atoms with Gasteiger partial charge in [-0.1, -0.05) is 6.07 Å². The Morgan fingerprint density at radius 3 is 2.57 bits per heavy atom. The smallest absolute Gasteiger partial charge is 0.313 e. The third kappa shape index (κ3) is 4.04. The first-order valence-electron chi connectivity index (χ1n) is 7.29. The molecule has 21 heavy (non-hydrogen) atoms. The number of nitrogens with one attached hydrogen (secondary N) is 1. The minimum atomic E-state index is -0.612. The van der Waals surface area contributed by atoms with Crippen molar-refractivity contribution in [3.05, 3.63) is 29.3 Å². The van der Waals surface area contributed by atoms with Gasteiger partial charge in [-0.2, -0.15) is 0 Å². The summed E-state index contributed by atoms with van der Waals surface area (Å²) in [4.78, 5) is 25.8. The summed E-state index contributed by atoms with van der Waals surface area (Å²) in [5.41, 5.74) is 2.72. The Balaban J connectivity index is 2.00. The van der Waals surface area contributed by atoms with Crippen LogP contribution in [0.1, 0.15) is 24.0 Å². The van der Waals surface area contributed by atoms with Crippen molar-refractivity contribution in [1.29, 1.82) is 0 Å². The minimum absolute atomic E-state index is 0.0580. The van der Waals surface area contributed by atoms with Gasteiger partial charge in [-0.05, 0) is 55.9 Å². The number of aryl methyl sites for hydroxylation is 2. The van der Waals surface area contributed by atoms with Gasteiger partial charge in [0.05, 0.1) is 0 Å². The first kappa shape index (κ1) is 15.5. The second-order valence-electron chi connectivity index (χ2n) is 5.77. The van der Waals surface area contributed by atoms with Crippen LogP contribution in [0, 0.1) is 19.8 Å². The van der Waals surface area contributed by atoms with Crippen LogP contribution < -0.4 is 5.32 Å². The Bertz CT molecular complexity index is 522. The highest BCUT2D eigenvalue weighted by Crippen LogP contribution is 2.17. The number of carbonyl (C=O) groups excluding carboxylic acids is 2. The molecule has 1 saturated heterocycles. The number of aliphatic hydroxyl groups is 1. The zero-order valence-electron chi connectivity index (χ0n) is 12.6. The van der Waals surface area contributed by atoms with Crippen LogP contribution in [0.3, 0.4) is 0 Å². The Kier molecular flexibility index (Phi) is 4.96. The molecule has 5 nitrogen and oxygen atoms in total. The van der Waals surface area contributed by atoms with E-state index in [1.165, 1.54) is 4.90 Å². The van der Waals surface area contributed by atoms with E-state index in [2.05, 4.69) is 5.32 Å². The topological polar surface area (TPSA) is 69.6 Å². The Morgan fingerprint density at radius 2 is 1.95 bits per heavy atom. The number of amides is 2. The number of nitrogens with zero attached hydrogens (tertiary/aromatic N) is 1. The molecule has 0 radical (unpaired) electrons. The lowest BCUT2D eigenvalue weighted by Gasteiger charge is -2.31. The van der Waals surface area contributed by atoms with Gasteiger partial charge >= 0.3 is 11.8 Å². The highest BCUT2D eigenvalue weighted by atomic mass is 16.3. The quantitative estimate of drug-likeness (QED) is 0.810. The van der Waals surface area contributed by atoms with E-state index in [1.807, 2.05) is 32.0 Å². The number of likely N-dealkylation sites (tertiary alicyclic amines) is 1. The summed E-state index contributed by atoms with van der Waals surface area (Å²) in [5, 5.41) is 11.8. The second kappa shape index (κ2) is 6.72. The van der Waals surface area contributed by atoms with E-state index >= 15 is 0 Å². The molecule has 1 aliphatic rings. The van der Waals surface area contributed by atoms with E-state index in [0.717, 1.165) is 24.0 Å². The van der Waals surface area contributed by atoms with Gasteiger partial charge in [0.1, 0.15) is 0 Å². The maximum absolute atomic E-state index is 12.2. The third-order valence-corrected chi connectivity index (χ3v) is 3.74. The van der Waals surface area contributed by atoms with Crippen LogP contribution in [0.2, 0.25) is 0 Å². The van der Waals surface area contributed by atoms with Crippen LogP contribution in [0.5, 0.6) is 0 Å². The SMILES string of the molecule is Cc1cc(C)cc(NC(=O)C(=O)N2CCCC(CO)C2)c1.